The molecule has 2 rings (SSSR count). The first-order valence-corrected chi connectivity index (χ1v) is 8.27. The van der Waals surface area contributed by atoms with E-state index in [-0.39, 0.29) is 0 Å². The summed E-state index contributed by atoms with van der Waals surface area (Å²) in [5.74, 6) is 1.06. The molecule has 1 atom stereocenters. The number of nitrogens with zero attached hydrogens (tertiary/aromatic N) is 1. The van der Waals surface area contributed by atoms with E-state index in [1.165, 1.54) is 64.5 Å². The van der Waals surface area contributed by atoms with E-state index in [1.54, 1.807) is 0 Å². The second-order valence-electron chi connectivity index (χ2n) is 6.31. The third kappa shape index (κ3) is 3.88. The smallest absolute Gasteiger partial charge is 0.0698 e. The molecular formula is C15H29NOS. The minimum atomic E-state index is 0.460. The van der Waals surface area contributed by atoms with E-state index < -0.39 is 0 Å². The second kappa shape index (κ2) is 7.16. The van der Waals surface area contributed by atoms with E-state index in [0.29, 0.717) is 11.5 Å². The largest absolute Gasteiger partial charge is 0.380 e. The van der Waals surface area contributed by atoms with Gasteiger partial charge in [-0.25, -0.2) is 0 Å². The van der Waals surface area contributed by atoms with Gasteiger partial charge in [-0.3, -0.25) is 0 Å². The van der Waals surface area contributed by atoms with Gasteiger partial charge in [0.2, 0.25) is 0 Å². The maximum absolute atomic E-state index is 5.54. The highest BCUT2D eigenvalue weighted by molar-refractivity contribution is 7.80. The lowest BCUT2D eigenvalue weighted by Gasteiger charge is -2.40. The maximum Gasteiger partial charge on any atom is 0.0698 e. The highest BCUT2D eigenvalue weighted by Gasteiger charge is 2.33. The molecule has 2 fully saturated rings. The molecule has 0 N–H and O–H groups in total. The highest BCUT2D eigenvalue weighted by atomic mass is 32.1. The van der Waals surface area contributed by atoms with Crippen LogP contribution in [0.15, 0.2) is 0 Å². The Morgan fingerprint density at radius 3 is 2.50 bits per heavy atom. The van der Waals surface area contributed by atoms with Crippen molar-refractivity contribution in [1.29, 1.82) is 0 Å². The Morgan fingerprint density at radius 2 is 1.89 bits per heavy atom. The summed E-state index contributed by atoms with van der Waals surface area (Å²) in [7, 11) is 1.86. The Hall–Kier alpha value is 0.270. The molecule has 1 aliphatic carbocycles. The molecule has 106 valence electrons. The van der Waals surface area contributed by atoms with E-state index in [2.05, 4.69) is 17.5 Å². The lowest BCUT2D eigenvalue weighted by atomic mass is 9.81. The highest BCUT2D eigenvalue weighted by Crippen LogP contribution is 2.37. The molecule has 0 aromatic heterocycles. The molecule has 0 aromatic rings. The van der Waals surface area contributed by atoms with Crippen molar-refractivity contribution in [3.05, 3.63) is 0 Å². The Morgan fingerprint density at radius 1 is 1.17 bits per heavy atom. The van der Waals surface area contributed by atoms with Gasteiger partial charge in [0.1, 0.15) is 0 Å². The molecule has 0 bridgehead atoms. The molecule has 0 radical (unpaired) electrons. The molecular weight excluding hydrogens is 242 g/mol. The summed E-state index contributed by atoms with van der Waals surface area (Å²) in [4.78, 5) is 2.64. The van der Waals surface area contributed by atoms with Crippen molar-refractivity contribution in [2.24, 2.45) is 5.41 Å². The molecule has 18 heavy (non-hydrogen) atoms. The van der Waals surface area contributed by atoms with Crippen molar-refractivity contribution in [2.75, 3.05) is 32.5 Å². The Bertz CT molecular complexity index is 239. The van der Waals surface area contributed by atoms with Crippen molar-refractivity contribution >= 4 is 12.6 Å². The van der Waals surface area contributed by atoms with Crippen LogP contribution < -0.4 is 0 Å². The molecule has 1 saturated carbocycles. The molecule has 3 heteroatoms. The fourth-order valence-corrected chi connectivity index (χ4v) is 4.08. The third-order valence-electron chi connectivity index (χ3n) is 4.85. The lowest BCUT2D eigenvalue weighted by molar-refractivity contribution is 0.0147. The van der Waals surface area contributed by atoms with Crippen LogP contribution in [0.25, 0.3) is 0 Å². The van der Waals surface area contributed by atoms with Crippen LogP contribution in [-0.4, -0.2) is 43.5 Å². The predicted octanol–water partition coefficient (Wildman–Crippen LogP) is 3.37. The second-order valence-corrected chi connectivity index (χ2v) is 6.62. The van der Waals surface area contributed by atoms with Crippen LogP contribution in [0.4, 0.5) is 0 Å². The molecule has 1 heterocycles. The number of hydrogen-bond acceptors (Lipinski definition) is 3. The van der Waals surface area contributed by atoms with Gasteiger partial charge in [0.25, 0.3) is 0 Å². The first kappa shape index (κ1) is 14.7. The van der Waals surface area contributed by atoms with Gasteiger partial charge in [-0.15, -0.1) is 0 Å². The minimum absolute atomic E-state index is 0.460. The van der Waals surface area contributed by atoms with E-state index in [0.717, 1.165) is 12.3 Å². The van der Waals surface area contributed by atoms with Crippen molar-refractivity contribution in [2.45, 2.75) is 57.5 Å². The summed E-state index contributed by atoms with van der Waals surface area (Å²) in [5, 5.41) is 0. The van der Waals surface area contributed by atoms with E-state index >= 15 is 0 Å². The summed E-state index contributed by atoms with van der Waals surface area (Å²) < 4.78 is 5.54. The summed E-state index contributed by atoms with van der Waals surface area (Å²) in [6.07, 6.45) is 11.4. The van der Waals surface area contributed by atoms with Gasteiger partial charge in [-0.1, -0.05) is 25.7 Å². The Balaban J connectivity index is 1.91. The SMILES string of the molecule is COC1CCCN(CC2(CS)CCCCCC2)C1. The molecule has 1 unspecified atom stereocenters. The average Bonchev–Trinajstić information content (AvgIpc) is 2.65. The summed E-state index contributed by atoms with van der Waals surface area (Å²) in [5.41, 5.74) is 0.481. The molecule has 0 spiro atoms. The number of piperidine rings is 1. The van der Waals surface area contributed by atoms with E-state index in [4.69, 9.17) is 4.74 Å². The van der Waals surface area contributed by atoms with Crippen LogP contribution in [0.5, 0.6) is 0 Å². The lowest BCUT2D eigenvalue weighted by Crippen LogP contribution is -2.46. The molecule has 1 aliphatic heterocycles. The van der Waals surface area contributed by atoms with Crippen molar-refractivity contribution in [1.82, 2.24) is 4.90 Å². The van der Waals surface area contributed by atoms with Crippen LogP contribution in [0.3, 0.4) is 0 Å². The third-order valence-corrected chi connectivity index (χ3v) is 5.53. The van der Waals surface area contributed by atoms with Gasteiger partial charge in [0, 0.05) is 20.2 Å². The number of ether oxygens (including phenoxy) is 1. The van der Waals surface area contributed by atoms with Gasteiger partial charge in [-0.05, 0) is 43.4 Å². The molecule has 2 aliphatic rings. The van der Waals surface area contributed by atoms with Crippen LogP contribution in [0.1, 0.15) is 51.4 Å². The fourth-order valence-electron chi connectivity index (χ4n) is 3.67. The summed E-state index contributed by atoms with van der Waals surface area (Å²) in [6.45, 7) is 3.64. The van der Waals surface area contributed by atoms with Crippen LogP contribution >= 0.6 is 12.6 Å². The molecule has 0 amide bonds. The number of likely N-dealkylation sites (tertiary alicyclic amines) is 1. The molecule has 1 saturated heterocycles. The zero-order valence-corrected chi connectivity index (χ0v) is 12.8. The number of methoxy groups -OCH3 is 1. The maximum atomic E-state index is 5.54. The van der Waals surface area contributed by atoms with Gasteiger partial charge < -0.3 is 9.64 Å². The number of hydrogen-bond donors (Lipinski definition) is 1. The van der Waals surface area contributed by atoms with Crippen LogP contribution in [-0.2, 0) is 4.74 Å². The zero-order chi connectivity index (χ0) is 12.8. The molecule has 2 nitrogen and oxygen atoms in total. The number of rotatable bonds is 4. The van der Waals surface area contributed by atoms with Crippen LogP contribution in [0, 0.1) is 5.41 Å². The zero-order valence-electron chi connectivity index (χ0n) is 11.9. The normalized spacial score (nSPS) is 30.0. The molecule has 0 aromatic carbocycles. The topological polar surface area (TPSA) is 12.5 Å². The summed E-state index contributed by atoms with van der Waals surface area (Å²) >= 11 is 4.68. The average molecular weight is 271 g/mol. The number of thiol groups is 1. The Labute approximate surface area is 118 Å². The quantitative estimate of drug-likeness (QED) is 0.622. The summed E-state index contributed by atoms with van der Waals surface area (Å²) in [6, 6.07) is 0. The Kier molecular flexibility index (Phi) is 5.84. The first-order valence-electron chi connectivity index (χ1n) is 7.64. The van der Waals surface area contributed by atoms with E-state index in [1.807, 2.05) is 7.11 Å². The van der Waals surface area contributed by atoms with Crippen molar-refractivity contribution in [3.8, 4) is 0 Å². The van der Waals surface area contributed by atoms with Gasteiger partial charge in [-0.2, -0.15) is 12.6 Å². The van der Waals surface area contributed by atoms with Gasteiger partial charge in [0.15, 0.2) is 0 Å². The van der Waals surface area contributed by atoms with Crippen molar-refractivity contribution < 1.29 is 4.74 Å². The van der Waals surface area contributed by atoms with E-state index in [9.17, 15) is 0 Å². The minimum Gasteiger partial charge on any atom is -0.380 e. The first-order chi connectivity index (χ1) is 8.78. The fraction of sp³-hybridized carbons (Fsp3) is 1.00. The standard InChI is InChI=1S/C15H29NOS/c1-17-14-7-6-10-16(11-14)12-15(13-18)8-4-2-3-5-9-15/h14,18H,2-13H2,1H3. The van der Waals surface area contributed by atoms with Crippen molar-refractivity contribution in [3.63, 3.8) is 0 Å². The van der Waals surface area contributed by atoms with Crippen LogP contribution in [0.2, 0.25) is 0 Å². The monoisotopic (exact) mass is 271 g/mol. The predicted molar refractivity (Wildman–Crippen MR) is 80.5 cm³/mol. The van der Waals surface area contributed by atoms with Gasteiger partial charge >= 0.3 is 0 Å². The van der Waals surface area contributed by atoms with Gasteiger partial charge in [0.05, 0.1) is 6.10 Å².